The fourth-order valence-corrected chi connectivity index (χ4v) is 2.50. The molecule has 1 heterocycles. The third-order valence-corrected chi connectivity index (χ3v) is 3.74. The molecule has 0 saturated heterocycles. The van der Waals surface area contributed by atoms with E-state index in [1.54, 1.807) is 12.1 Å². The monoisotopic (exact) mass is 269 g/mol. The van der Waals surface area contributed by atoms with Crippen LogP contribution >= 0.6 is 11.3 Å². The molecule has 0 radical (unpaired) electrons. The van der Waals surface area contributed by atoms with Gasteiger partial charge in [-0.05, 0) is 6.07 Å². The predicted octanol–water partition coefficient (Wildman–Crippen LogP) is 0.00128. The molecule has 17 heavy (non-hydrogen) atoms. The quantitative estimate of drug-likeness (QED) is 0.752. The van der Waals surface area contributed by atoms with Crippen molar-refractivity contribution in [2.75, 3.05) is 12.3 Å². The number of hydrogen-bond donors (Lipinski definition) is 2. The summed E-state index contributed by atoms with van der Waals surface area (Å²) in [6.45, 7) is 0.471. The SMILES string of the molecule is N#CCS(=O)(=O)NCc1cc(C#CCN)cs1. The van der Waals surface area contributed by atoms with Gasteiger partial charge in [-0.2, -0.15) is 5.26 Å². The average Bonchev–Trinajstić information content (AvgIpc) is 2.72. The van der Waals surface area contributed by atoms with Crippen molar-refractivity contribution < 1.29 is 8.42 Å². The van der Waals surface area contributed by atoms with E-state index in [4.69, 9.17) is 11.0 Å². The van der Waals surface area contributed by atoms with Gasteiger partial charge in [-0.25, -0.2) is 13.1 Å². The van der Waals surface area contributed by atoms with E-state index < -0.39 is 15.8 Å². The summed E-state index contributed by atoms with van der Waals surface area (Å²) >= 11 is 1.41. The molecular weight excluding hydrogens is 258 g/mol. The highest BCUT2D eigenvalue weighted by Crippen LogP contribution is 2.13. The van der Waals surface area contributed by atoms with Gasteiger partial charge in [0.15, 0.2) is 5.75 Å². The molecule has 1 rings (SSSR count). The number of thiophene rings is 1. The Morgan fingerprint density at radius 2 is 2.29 bits per heavy atom. The third-order valence-electron chi connectivity index (χ3n) is 1.71. The van der Waals surface area contributed by atoms with E-state index in [0.717, 1.165) is 10.4 Å². The molecule has 0 fully saturated rings. The number of nitrogens with one attached hydrogen (secondary N) is 1. The number of hydrogen-bond acceptors (Lipinski definition) is 5. The maximum absolute atomic E-state index is 11.2. The van der Waals surface area contributed by atoms with Gasteiger partial charge in [0.1, 0.15) is 0 Å². The van der Waals surface area contributed by atoms with Gasteiger partial charge in [0.25, 0.3) is 0 Å². The highest BCUT2D eigenvalue weighted by atomic mass is 32.2. The molecule has 7 heteroatoms. The normalized spacial score (nSPS) is 10.4. The molecule has 0 aliphatic carbocycles. The fraction of sp³-hybridized carbons (Fsp3) is 0.300. The van der Waals surface area contributed by atoms with Crippen LogP contribution < -0.4 is 10.5 Å². The smallest absolute Gasteiger partial charge is 0.225 e. The van der Waals surface area contributed by atoms with E-state index >= 15 is 0 Å². The summed E-state index contributed by atoms with van der Waals surface area (Å²) in [5.74, 6) is 5.04. The van der Waals surface area contributed by atoms with Gasteiger partial charge >= 0.3 is 0 Å². The molecule has 0 spiro atoms. The lowest BCUT2D eigenvalue weighted by Gasteiger charge is -1.99. The van der Waals surface area contributed by atoms with Crippen LogP contribution in [0.2, 0.25) is 0 Å². The van der Waals surface area contributed by atoms with Crippen molar-refractivity contribution in [1.29, 1.82) is 5.26 Å². The zero-order chi connectivity index (χ0) is 12.7. The molecule has 5 nitrogen and oxygen atoms in total. The Kier molecular flexibility index (Phi) is 5.13. The summed E-state index contributed by atoms with van der Waals surface area (Å²) in [7, 11) is -3.50. The lowest BCUT2D eigenvalue weighted by Crippen LogP contribution is -2.24. The van der Waals surface area contributed by atoms with Crippen LogP contribution in [0.1, 0.15) is 10.4 Å². The molecular formula is C10H11N3O2S2. The highest BCUT2D eigenvalue weighted by Gasteiger charge is 2.09. The summed E-state index contributed by atoms with van der Waals surface area (Å²) < 4.78 is 24.8. The van der Waals surface area contributed by atoms with Gasteiger partial charge in [-0.1, -0.05) is 11.8 Å². The van der Waals surface area contributed by atoms with Gasteiger partial charge in [0.05, 0.1) is 12.6 Å². The zero-order valence-electron chi connectivity index (χ0n) is 8.93. The number of nitrogens with zero attached hydrogens (tertiary/aromatic N) is 1. The van der Waals surface area contributed by atoms with Crippen LogP contribution in [0.25, 0.3) is 0 Å². The van der Waals surface area contributed by atoms with Gasteiger partial charge in [-0.3, -0.25) is 0 Å². The van der Waals surface area contributed by atoms with Gasteiger partial charge in [0.2, 0.25) is 10.0 Å². The molecule has 0 unspecified atom stereocenters. The standard InChI is InChI=1S/C10H11N3O2S2/c11-3-1-2-9-6-10(16-8-9)7-13-17(14,15)5-4-12/h6,8,13H,3,5,7,11H2. The van der Waals surface area contributed by atoms with Gasteiger partial charge < -0.3 is 5.73 Å². The maximum atomic E-state index is 11.2. The predicted molar refractivity (Wildman–Crippen MR) is 66.5 cm³/mol. The van der Waals surface area contributed by atoms with E-state index in [1.807, 2.05) is 5.38 Å². The Morgan fingerprint density at radius 3 is 2.94 bits per heavy atom. The van der Waals surface area contributed by atoms with Crippen molar-refractivity contribution in [3.63, 3.8) is 0 Å². The fourth-order valence-electron chi connectivity index (χ4n) is 1.01. The number of sulfonamides is 1. The molecule has 0 amide bonds. The number of rotatable bonds is 4. The highest BCUT2D eigenvalue weighted by molar-refractivity contribution is 7.89. The molecule has 0 saturated carbocycles. The average molecular weight is 269 g/mol. The van der Waals surface area contributed by atoms with Crippen molar-refractivity contribution in [3.8, 4) is 17.9 Å². The molecule has 0 bridgehead atoms. The summed E-state index contributed by atoms with van der Waals surface area (Å²) in [4.78, 5) is 0.841. The lowest BCUT2D eigenvalue weighted by molar-refractivity contribution is 0.585. The molecule has 0 aliphatic heterocycles. The molecule has 0 aliphatic rings. The Hall–Kier alpha value is -1.38. The molecule has 1 aromatic heterocycles. The van der Waals surface area contributed by atoms with Crippen molar-refractivity contribution >= 4 is 21.4 Å². The van der Waals surface area contributed by atoms with Gasteiger partial charge in [-0.15, -0.1) is 11.3 Å². The van der Waals surface area contributed by atoms with Crippen LogP contribution in [0.15, 0.2) is 11.4 Å². The minimum atomic E-state index is -3.50. The van der Waals surface area contributed by atoms with E-state index in [-0.39, 0.29) is 6.54 Å². The van der Waals surface area contributed by atoms with Crippen molar-refractivity contribution in [3.05, 3.63) is 21.9 Å². The van der Waals surface area contributed by atoms with Crippen LogP contribution in [-0.2, 0) is 16.6 Å². The minimum absolute atomic E-state index is 0.180. The van der Waals surface area contributed by atoms with E-state index in [0.29, 0.717) is 6.54 Å². The third kappa shape index (κ3) is 4.98. The summed E-state index contributed by atoms with van der Waals surface area (Å²) in [5, 5.41) is 10.1. The number of nitriles is 1. The Balaban J connectivity index is 2.59. The Morgan fingerprint density at radius 1 is 1.53 bits per heavy atom. The molecule has 0 aromatic carbocycles. The molecule has 1 aromatic rings. The second kappa shape index (κ2) is 6.38. The van der Waals surface area contributed by atoms with Crippen LogP contribution in [0, 0.1) is 23.2 Å². The second-order valence-corrected chi connectivity index (χ2v) is 5.85. The first-order chi connectivity index (χ1) is 8.07. The van der Waals surface area contributed by atoms with E-state index in [2.05, 4.69) is 16.6 Å². The van der Waals surface area contributed by atoms with Crippen molar-refractivity contribution in [2.24, 2.45) is 5.73 Å². The van der Waals surface area contributed by atoms with E-state index in [1.165, 1.54) is 11.3 Å². The molecule has 3 N–H and O–H groups in total. The minimum Gasteiger partial charge on any atom is -0.320 e. The van der Waals surface area contributed by atoms with Crippen LogP contribution in [0.4, 0.5) is 0 Å². The van der Waals surface area contributed by atoms with E-state index in [9.17, 15) is 8.42 Å². The first-order valence-corrected chi connectivity index (χ1v) is 7.21. The summed E-state index contributed by atoms with van der Waals surface area (Å²) in [6, 6.07) is 3.39. The van der Waals surface area contributed by atoms with Crippen LogP contribution in [0.5, 0.6) is 0 Å². The molecule has 0 atom stereocenters. The first kappa shape index (κ1) is 13.7. The summed E-state index contributed by atoms with van der Waals surface area (Å²) in [5.41, 5.74) is 6.05. The largest absolute Gasteiger partial charge is 0.320 e. The lowest BCUT2D eigenvalue weighted by atomic mass is 10.3. The first-order valence-electron chi connectivity index (χ1n) is 4.68. The summed E-state index contributed by atoms with van der Waals surface area (Å²) in [6.07, 6.45) is 0. The Labute approximate surface area is 104 Å². The van der Waals surface area contributed by atoms with Crippen LogP contribution in [0.3, 0.4) is 0 Å². The topological polar surface area (TPSA) is 96.0 Å². The van der Waals surface area contributed by atoms with Crippen molar-refractivity contribution in [2.45, 2.75) is 6.54 Å². The van der Waals surface area contributed by atoms with Crippen molar-refractivity contribution in [1.82, 2.24) is 4.72 Å². The zero-order valence-corrected chi connectivity index (χ0v) is 10.6. The van der Waals surface area contributed by atoms with Crippen LogP contribution in [-0.4, -0.2) is 20.7 Å². The number of nitrogens with two attached hydrogens (primary N) is 1. The Bertz CT molecular complexity index is 573. The molecule has 90 valence electrons. The second-order valence-electron chi connectivity index (χ2n) is 3.05. The van der Waals surface area contributed by atoms with Gasteiger partial charge in [0, 0.05) is 22.4 Å². The maximum Gasteiger partial charge on any atom is 0.225 e.